The number of hydrogen-bond donors (Lipinski definition) is 4. The number of ether oxygens (including phenoxy) is 2. The van der Waals surface area contributed by atoms with Crippen molar-refractivity contribution in [1.82, 2.24) is 0 Å². The number of ketones is 1. The van der Waals surface area contributed by atoms with E-state index in [4.69, 9.17) is 9.47 Å². The van der Waals surface area contributed by atoms with E-state index in [1.165, 1.54) is 24.3 Å². The van der Waals surface area contributed by atoms with Gasteiger partial charge in [-0.3, -0.25) is 4.79 Å². The minimum atomic E-state index is -2.48. The van der Waals surface area contributed by atoms with E-state index in [1.54, 1.807) is 36.4 Å². The molecule has 0 aromatic heterocycles. The molecule has 1 heterocycles. The van der Waals surface area contributed by atoms with Gasteiger partial charge in [-0.2, -0.15) is 0 Å². The molecule has 4 N–H and O–H groups in total. The highest BCUT2D eigenvalue weighted by atomic mass is 16.7. The summed E-state index contributed by atoms with van der Waals surface area (Å²) in [5.74, 6) is -4.00. The lowest BCUT2D eigenvalue weighted by molar-refractivity contribution is -0.250. The van der Waals surface area contributed by atoms with Gasteiger partial charge in [-0.15, -0.1) is 0 Å². The van der Waals surface area contributed by atoms with E-state index in [1.807, 2.05) is 0 Å². The predicted octanol–water partition coefficient (Wildman–Crippen LogP) is -0.104. The minimum absolute atomic E-state index is 0.172. The van der Waals surface area contributed by atoms with Crippen LogP contribution < -0.4 is 0 Å². The Kier molecular flexibility index (Phi) is 5.87. The van der Waals surface area contributed by atoms with Crippen LogP contribution in [0.2, 0.25) is 0 Å². The lowest BCUT2D eigenvalue weighted by Gasteiger charge is -2.25. The Balaban J connectivity index is 1.68. The number of aliphatic hydroxyl groups is 4. The van der Waals surface area contributed by atoms with Crippen molar-refractivity contribution in [3.8, 4) is 0 Å². The molecule has 8 nitrogen and oxygen atoms in total. The van der Waals surface area contributed by atoms with E-state index in [-0.39, 0.29) is 11.1 Å². The summed E-state index contributed by atoms with van der Waals surface area (Å²) in [7, 11) is 0. The van der Waals surface area contributed by atoms with E-state index in [0.717, 1.165) is 0 Å². The van der Waals surface area contributed by atoms with Gasteiger partial charge in [0.15, 0.2) is 5.78 Å². The van der Waals surface area contributed by atoms with Crippen molar-refractivity contribution < 1.29 is 39.5 Å². The van der Waals surface area contributed by atoms with Crippen LogP contribution in [0.1, 0.15) is 20.7 Å². The molecule has 8 heteroatoms. The zero-order valence-electron chi connectivity index (χ0n) is 14.7. The number of hydrogen-bond acceptors (Lipinski definition) is 8. The van der Waals surface area contributed by atoms with Crippen molar-refractivity contribution in [1.29, 1.82) is 0 Å². The molecule has 1 saturated heterocycles. The average molecular weight is 388 g/mol. The normalized spacial score (nSPS) is 27.9. The standard InChI is InChI=1S/C20H20O8/c21-14(12-7-3-1-4-8-12)15(22)17-16(23)18(24)20(26,28-17)11-27-19(25)13-9-5-2-6-10-13/h1-10,15-18,22-24,26H,11H2/t15?,16-,17-,18+,20-/m1/s1. The molecule has 0 amide bonds. The van der Waals surface area contributed by atoms with Crippen LogP contribution in [-0.2, 0) is 9.47 Å². The summed E-state index contributed by atoms with van der Waals surface area (Å²) < 4.78 is 10.1. The van der Waals surface area contributed by atoms with E-state index in [9.17, 15) is 30.0 Å². The number of benzene rings is 2. The SMILES string of the molecule is O=C(OC[C@@]1(O)O[C@H](C(O)C(=O)c2ccccc2)[C@@H](O)[C@@H]1O)c1ccccc1. The third-order valence-corrected chi connectivity index (χ3v) is 4.52. The number of carbonyl (C=O) groups excluding carboxylic acids is 2. The largest absolute Gasteiger partial charge is 0.456 e. The summed E-state index contributed by atoms with van der Waals surface area (Å²) >= 11 is 0. The lowest BCUT2D eigenvalue weighted by Crippen LogP contribution is -2.47. The number of rotatable bonds is 6. The van der Waals surface area contributed by atoms with Gasteiger partial charge in [0, 0.05) is 5.56 Å². The van der Waals surface area contributed by atoms with E-state index >= 15 is 0 Å². The maximum Gasteiger partial charge on any atom is 0.338 e. The summed E-state index contributed by atoms with van der Waals surface area (Å²) in [6.07, 6.45) is -7.13. The Morgan fingerprint density at radius 2 is 1.54 bits per heavy atom. The summed E-state index contributed by atoms with van der Waals surface area (Å²) in [5, 5.41) is 41.0. The van der Waals surface area contributed by atoms with Crippen LogP contribution in [0, 0.1) is 0 Å². The Morgan fingerprint density at radius 1 is 1.00 bits per heavy atom. The molecule has 1 aliphatic heterocycles. The van der Waals surface area contributed by atoms with Crippen LogP contribution in [0.15, 0.2) is 60.7 Å². The van der Waals surface area contributed by atoms with Crippen LogP contribution in [0.3, 0.4) is 0 Å². The summed E-state index contributed by atoms with van der Waals surface area (Å²) in [5.41, 5.74) is 0.390. The minimum Gasteiger partial charge on any atom is -0.456 e. The zero-order valence-corrected chi connectivity index (χ0v) is 14.7. The average Bonchev–Trinajstić information content (AvgIpc) is 2.97. The van der Waals surface area contributed by atoms with Crippen LogP contribution in [-0.4, -0.2) is 69.0 Å². The molecule has 28 heavy (non-hydrogen) atoms. The number of Topliss-reactive ketones (excluding diaryl/α,β-unsaturated/α-hetero) is 1. The Labute approximate surface area is 160 Å². The summed E-state index contributed by atoms with van der Waals surface area (Å²) in [4.78, 5) is 24.4. The van der Waals surface area contributed by atoms with Gasteiger partial charge in [0.2, 0.25) is 5.79 Å². The monoisotopic (exact) mass is 388 g/mol. The van der Waals surface area contributed by atoms with E-state index < -0.39 is 48.6 Å². The number of aliphatic hydroxyl groups excluding tert-OH is 3. The quantitative estimate of drug-likeness (QED) is 0.398. The van der Waals surface area contributed by atoms with Gasteiger partial charge in [0.05, 0.1) is 5.56 Å². The predicted molar refractivity (Wildman–Crippen MR) is 95.3 cm³/mol. The van der Waals surface area contributed by atoms with Gasteiger partial charge in [-0.25, -0.2) is 4.79 Å². The first-order valence-corrected chi connectivity index (χ1v) is 8.59. The zero-order chi connectivity index (χ0) is 20.3. The van der Waals surface area contributed by atoms with Crippen molar-refractivity contribution in [2.75, 3.05) is 6.61 Å². The van der Waals surface area contributed by atoms with Crippen LogP contribution >= 0.6 is 0 Å². The maximum absolute atomic E-state index is 12.4. The maximum atomic E-state index is 12.4. The molecule has 0 spiro atoms. The highest BCUT2D eigenvalue weighted by molar-refractivity contribution is 5.99. The van der Waals surface area contributed by atoms with Gasteiger partial charge < -0.3 is 29.9 Å². The molecule has 3 rings (SSSR count). The van der Waals surface area contributed by atoms with Gasteiger partial charge in [-0.05, 0) is 12.1 Å². The Morgan fingerprint density at radius 3 is 2.11 bits per heavy atom. The molecule has 2 aromatic carbocycles. The highest BCUT2D eigenvalue weighted by Crippen LogP contribution is 2.32. The second kappa shape index (κ2) is 8.17. The molecule has 1 fully saturated rings. The Bertz CT molecular complexity index is 825. The highest BCUT2D eigenvalue weighted by Gasteiger charge is 2.57. The summed E-state index contributed by atoms with van der Waals surface area (Å²) in [6.45, 7) is -0.804. The second-order valence-electron chi connectivity index (χ2n) is 6.48. The van der Waals surface area contributed by atoms with Crippen LogP contribution in [0.25, 0.3) is 0 Å². The lowest BCUT2D eigenvalue weighted by atomic mass is 9.97. The van der Waals surface area contributed by atoms with E-state index in [0.29, 0.717) is 0 Å². The van der Waals surface area contributed by atoms with Crippen molar-refractivity contribution in [2.24, 2.45) is 0 Å². The molecule has 1 unspecified atom stereocenters. The molecule has 1 aliphatic rings. The molecule has 148 valence electrons. The molecule has 5 atom stereocenters. The fourth-order valence-electron chi connectivity index (χ4n) is 2.94. The molecular formula is C20H20O8. The van der Waals surface area contributed by atoms with Crippen LogP contribution in [0.4, 0.5) is 0 Å². The van der Waals surface area contributed by atoms with Crippen molar-refractivity contribution >= 4 is 11.8 Å². The first-order chi connectivity index (χ1) is 13.3. The molecule has 0 radical (unpaired) electrons. The van der Waals surface area contributed by atoms with Crippen LogP contribution in [0.5, 0.6) is 0 Å². The van der Waals surface area contributed by atoms with Crippen molar-refractivity contribution in [3.05, 3.63) is 71.8 Å². The third-order valence-electron chi connectivity index (χ3n) is 4.52. The van der Waals surface area contributed by atoms with Crippen molar-refractivity contribution in [2.45, 2.75) is 30.2 Å². The smallest absolute Gasteiger partial charge is 0.338 e. The van der Waals surface area contributed by atoms with Gasteiger partial charge in [0.25, 0.3) is 0 Å². The van der Waals surface area contributed by atoms with Gasteiger partial charge in [0.1, 0.15) is 31.0 Å². The Hall–Kier alpha value is -2.62. The molecule has 0 saturated carbocycles. The molecule has 2 aromatic rings. The second-order valence-corrected chi connectivity index (χ2v) is 6.48. The third kappa shape index (κ3) is 3.96. The van der Waals surface area contributed by atoms with E-state index in [2.05, 4.69) is 0 Å². The topological polar surface area (TPSA) is 134 Å². The van der Waals surface area contributed by atoms with Crippen molar-refractivity contribution in [3.63, 3.8) is 0 Å². The van der Waals surface area contributed by atoms with Gasteiger partial charge in [-0.1, -0.05) is 48.5 Å². The fourth-order valence-corrected chi connectivity index (χ4v) is 2.94. The first-order valence-electron chi connectivity index (χ1n) is 8.59. The first kappa shape index (κ1) is 20.1. The molecular weight excluding hydrogens is 368 g/mol. The fraction of sp³-hybridized carbons (Fsp3) is 0.300. The number of esters is 1. The molecule has 0 bridgehead atoms. The summed E-state index contributed by atoms with van der Waals surface area (Å²) in [6, 6.07) is 15.8. The molecule has 0 aliphatic carbocycles. The number of carbonyl (C=O) groups is 2. The van der Waals surface area contributed by atoms with Gasteiger partial charge >= 0.3 is 5.97 Å².